The topological polar surface area (TPSA) is 92.5 Å². The Balaban J connectivity index is 1.39. The number of carbonyl (C=O) groups excluding carboxylic acids is 1. The summed E-state index contributed by atoms with van der Waals surface area (Å²) in [4.78, 5) is 27.3. The molecule has 0 atom stereocenters. The van der Waals surface area contributed by atoms with Crippen molar-refractivity contribution in [1.29, 1.82) is 0 Å². The largest absolute Gasteiger partial charge is 0.343 e. The van der Waals surface area contributed by atoms with Crippen molar-refractivity contribution in [2.24, 2.45) is 0 Å². The van der Waals surface area contributed by atoms with Crippen molar-refractivity contribution in [3.05, 3.63) is 45.0 Å². The fourth-order valence-corrected chi connectivity index (χ4v) is 5.02. The van der Waals surface area contributed by atoms with Gasteiger partial charge < -0.3 is 9.80 Å². The fraction of sp³-hybridized carbons (Fsp3) is 0.526. The number of aromatic nitrogens is 2. The summed E-state index contributed by atoms with van der Waals surface area (Å²) in [6.07, 6.45) is 6.26. The second kappa shape index (κ2) is 8.22. The van der Waals surface area contributed by atoms with Crippen LogP contribution >= 0.6 is 11.3 Å². The number of anilines is 1. The zero-order chi connectivity index (χ0) is 19.5. The van der Waals surface area contributed by atoms with E-state index >= 15 is 0 Å². The summed E-state index contributed by atoms with van der Waals surface area (Å²) in [6.45, 7) is 2.35. The molecule has 1 aliphatic heterocycles. The third-order valence-electron chi connectivity index (χ3n) is 5.55. The predicted molar refractivity (Wildman–Crippen MR) is 107 cm³/mol. The molecule has 1 aromatic heterocycles. The van der Waals surface area contributed by atoms with Gasteiger partial charge in [-0.15, -0.1) is 10.2 Å². The summed E-state index contributed by atoms with van der Waals surface area (Å²) in [5.74, 6) is 0.258. The van der Waals surface area contributed by atoms with Crippen molar-refractivity contribution in [2.45, 2.75) is 38.0 Å². The van der Waals surface area contributed by atoms with Crippen molar-refractivity contribution in [1.82, 2.24) is 15.1 Å². The summed E-state index contributed by atoms with van der Waals surface area (Å²) in [6, 6.07) is 6.13. The van der Waals surface area contributed by atoms with E-state index in [1.807, 2.05) is 0 Å². The van der Waals surface area contributed by atoms with Gasteiger partial charge in [-0.25, -0.2) is 0 Å². The number of carbonyl (C=O) groups is 1. The molecule has 2 fully saturated rings. The molecule has 2 aromatic rings. The molecule has 0 bridgehead atoms. The van der Waals surface area contributed by atoms with E-state index in [4.69, 9.17) is 0 Å². The minimum Gasteiger partial charge on any atom is -0.343 e. The fourth-order valence-electron chi connectivity index (χ4n) is 3.95. The SMILES string of the molecule is O=C(c1ccccc1[N+](=O)[O-])N1CCN(c2nnc(C3CCCCC3)s2)CC1. The molecule has 1 saturated carbocycles. The van der Waals surface area contributed by atoms with Crippen molar-refractivity contribution < 1.29 is 9.72 Å². The minimum absolute atomic E-state index is 0.142. The highest BCUT2D eigenvalue weighted by atomic mass is 32.1. The van der Waals surface area contributed by atoms with E-state index in [1.165, 1.54) is 44.2 Å². The Morgan fingerprint density at radius 3 is 2.50 bits per heavy atom. The monoisotopic (exact) mass is 401 g/mol. The Morgan fingerprint density at radius 2 is 1.79 bits per heavy atom. The highest BCUT2D eigenvalue weighted by Gasteiger charge is 2.29. The van der Waals surface area contributed by atoms with Gasteiger partial charge in [0.2, 0.25) is 5.13 Å². The van der Waals surface area contributed by atoms with Gasteiger partial charge in [-0.1, -0.05) is 42.7 Å². The molecule has 9 heteroatoms. The lowest BCUT2D eigenvalue weighted by Gasteiger charge is -2.34. The molecule has 0 spiro atoms. The molecule has 1 saturated heterocycles. The molecule has 148 valence electrons. The van der Waals surface area contributed by atoms with Crippen LogP contribution in [0.3, 0.4) is 0 Å². The van der Waals surface area contributed by atoms with Crippen LogP contribution < -0.4 is 4.90 Å². The van der Waals surface area contributed by atoms with Crippen molar-refractivity contribution in [3.8, 4) is 0 Å². The zero-order valence-electron chi connectivity index (χ0n) is 15.6. The van der Waals surface area contributed by atoms with E-state index in [9.17, 15) is 14.9 Å². The molecule has 2 heterocycles. The van der Waals surface area contributed by atoms with Crippen LogP contribution in [0.2, 0.25) is 0 Å². The molecule has 0 unspecified atom stereocenters. The first-order chi connectivity index (χ1) is 13.6. The summed E-state index contributed by atoms with van der Waals surface area (Å²) in [5.41, 5.74) is 0.00706. The van der Waals surface area contributed by atoms with E-state index in [0.717, 1.165) is 10.1 Å². The Morgan fingerprint density at radius 1 is 1.07 bits per heavy atom. The molecule has 4 rings (SSSR count). The number of piperazine rings is 1. The number of rotatable bonds is 4. The molecule has 8 nitrogen and oxygen atoms in total. The van der Waals surface area contributed by atoms with E-state index in [1.54, 1.807) is 28.4 Å². The van der Waals surface area contributed by atoms with E-state index in [0.29, 0.717) is 32.1 Å². The molecule has 0 N–H and O–H groups in total. The first-order valence-electron chi connectivity index (χ1n) is 9.74. The van der Waals surface area contributed by atoms with Crippen molar-refractivity contribution in [3.63, 3.8) is 0 Å². The summed E-state index contributed by atoms with van der Waals surface area (Å²) in [7, 11) is 0. The van der Waals surface area contributed by atoms with Gasteiger partial charge in [0.25, 0.3) is 11.6 Å². The number of nitrogens with zero attached hydrogens (tertiary/aromatic N) is 5. The van der Waals surface area contributed by atoms with E-state index in [2.05, 4.69) is 15.1 Å². The van der Waals surface area contributed by atoms with Gasteiger partial charge in [0.05, 0.1) is 4.92 Å². The normalized spacial score (nSPS) is 18.3. The lowest BCUT2D eigenvalue weighted by molar-refractivity contribution is -0.385. The first-order valence-corrected chi connectivity index (χ1v) is 10.6. The van der Waals surface area contributed by atoms with Crippen LogP contribution in [-0.4, -0.2) is 52.1 Å². The molecule has 1 aromatic carbocycles. The molecule has 1 aliphatic carbocycles. The third-order valence-corrected chi connectivity index (χ3v) is 6.70. The number of para-hydroxylation sites is 1. The molecule has 2 aliphatic rings. The molecule has 28 heavy (non-hydrogen) atoms. The Kier molecular flexibility index (Phi) is 5.52. The second-order valence-corrected chi connectivity index (χ2v) is 8.30. The van der Waals surface area contributed by atoms with E-state index in [-0.39, 0.29) is 17.2 Å². The van der Waals surface area contributed by atoms with Crippen LogP contribution in [0.4, 0.5) is 10.8 Å². The zero-order valence-corrected chi connectivity index (χ0v) is 16.4. The van der Waals surface area contributed by atoms with E-state index < -0.39 is 4.92 Å². The van der Waals surface area contributed by atoms with Crippen LogP contribution in [0.25, 0.3) is 0 Å². The van der Waals surface area contributed by atoms with Gasteiger partial charge in [-0.3, -0.25) is 14.9 Å². The number of nitro groups is 1. The highest BCUT2D eigenvalue weighted by Crippen LogP contribution is 2.36. The lowest BCUT2D eigenvalue weighted by atomic mass is 9.90. The smallest absolute Gasteiger partial charge is 0.282 e. The maximum absolute atomic E-state index is 12.8. The van der Waals surface area contributed by atoms with Crippen LogP contribution in [0.1, 0.15) is 53.4 Å². The maximum atomic E-state index is 12.8. The predicted octanol–water partition coefficient (Wildman–Crippen LogP) is 3.46. The number of hydrogen-bond donors (Lipinski definition) is 0. The summed E-state index contributed by atoms with van der Waals surface area (Å²) >= 11 is 1.67. The van der Waals surface area contributed by atoms with Gasteiger partial charge in [-0.05, 0) is 18.9 Å². The molecule has 1 amide bonds. The number of nitro benzene ring substituents is 1. The lowest BCUT2D eigenvalue weighted by Crippen LogP contribution is -2.48. The molecular weight excluding hydrogens is 378 g/mol. The number of benzene rings is 1. The highest BCUT2D eigenvalue weighted by molar-refractivity contribution is 7.15. The molecule has 0 radical (unpaired) electrons. The number of hydrogen-bond acceptors (Lipinski definition) is 7. The maximum Gasteiger partial charge on any atom is 0.282 e. The second-order valence-electron chi connectivity index (χ2n) is 7.31. The van der Waals surface area contributed by atoms with Crippen LogP contribution in [0, 0.1) is 10.1 Å². The van der Waals surface area contributed by atoms with Crippen molar-refractivity contribution in [2.75, 3.05) is 31.1 Å². The van der Waals surface area contributed by atoms with Crippen LogP contribution in [0.15, 0.2) is 24.3 Å². The average Bonchev–Trinajstić information content (AvgIpc) is 3.24. The molecular formula is C19H23N5O3S. The standard InChI is InChI=1S/C19H23N5O3S/c25-18(15-8-4-5-9-16(15)24(26)27)22-10-12-23(13-11-22)19-21-20-17(28-19)14-6-2-1-3-7-14/h4-5,8-9,14H,1-3,6-7,10-13H2. The van der Waals surface area contributed by atoms with Gasteiger partial charge in [0, 0.05) is 38.2 Å². The van der Waals surface area contributed by atoms with Crippen molar-refractivity contribution >= 4 is 28.1 Å². The Hall–Kier alpha value is -2.55. The third kappa shape index (κ3) is 3.84. The van der Waals surface area contributed by atoms with Crippen LogP contribution in [0.5, 0.6) is 0 Å². The van der Waals surface area contributed by atoms with Gasteiger partial charge in [0.1, 0.15) is 10.6 Å². The Labute approximate surface area is 167 Å². The van der Waals surface area contributed by atoms with Gasteiger partial charge >= 0.3 is 0 Å². The summed E-state index contributed by atoms with van der Waals surface area (Å²) in [5, 5.41) is 22.0. The Bertz CT molecular complexity index is 857. The minimum atomic E-state index is -0.502. The average molecular weight is 401 g/mol. The number of amides is 1. The van der Waals surface area contributed by atoms with Gasteiger partial charge in [-0.2, -0.15) is 0 Å². The summed E-state index contributed by atoms with van der Waals surface area (Å²) < 4.78 is 0. The first kappa shape index (κ1) is 18.8. The quantitative estimate of drug-likeness (QED) is 0.575. The van der Waals surface area contributed by atoms with Gasteiger partial charge in [0.15, 0.2) is 0 Å². The van der Waals surface area contributed by atoms with Crippen LogP contribution in [-0.2, 0) is 0 Å².